The van der Waals surface area contributed by atoms with Gasteiger partial charge in [0.25, 0.3) is 0 Å². The standard InChI is InChI=1S/C18H33N3O2/c1-14(21-10-6-7-11-21)13-19-18(23)15(2)20-17(22)12-16-8-4-3-5-9-16/h14-16H,3-13H2,1-2H3,(H,19,23)(H,20,22)/t14-,15+/m0/s1. The minimum Gasteiger partial charge on any atom is -0.353 e. The highest BCUT2D eigenvalue weighted by molar-refractivity contribution is 5.87. The van der Waals surface area contributed by atoms with Crippen molar-refractivity contribution >= 4 is 11.8 Å². The van der Waals surface area contributed by atoms with E-state index in [1.54, 1.807) is 6.92 Å². The molecule has 1 saturated carbocycles. The molecule has 1 aliphatic carbocycles. The quantitative estimate of drug-likeness (QED) is 0.754. The van der Waals surface area contributed by atoms with Gasteiger partial charge in [-0.3, -0.25) is 14.5 Å². The summed E-state index contributed by atoms with van der Waals surface area (Å²) in [6, 6.07) is -0.0801. The van der Waals surface area contributed by atoms with Gasteiger partial charge in [0.1, 0.15) is 6.04 Å². The van der Waals surface area contributed by atoms with Crippen molar-refractivity contribution < 1.29 is 9.59 Å². The Bertz CT molecular complexity index is 388. The first kappa shape index (κ1) is 18.2. The van der Waals surface area contributed by atoms with E-state index in [9.17, 15) is 9.59 Å². The van der Waals surface area contributed by atoms with Crippen LogP contribution in [0.3, 0.4) is 0 Å². The molecule has 2 aliphatic rings. The summed E-state index contributed by atoms with van der Waals surface area (Å²) in [6.07, 6.45) is 9.17. The maximum Gasteiger partial charge on any atom is 0.242 e. The Labute approximate surface area is 140 Å². The summed E-state index contributed by atoms with van der Waals surface area (Å²) in [7, 11) is 0. The highest BCUT2D eigenvalue weighted by Crippen LogP contribution is 2.26. The molecule has 0 aromatic heterocycles. The first-order valence-electron chi connectivity index (χ1n) is 9.37. The molecule has 2 rings (SSSR count). The van der Waals surface area contributed by atoms with Crippen LogP contribution < -0.4 is 10.6 Å². The SMILES string of the molecule is C[C@@H](NC(=O)CC1CCCCC1)C(=O)NC[C@H](C)N1CCCC1. The van der Waals surface area contributed by atoms with Crippen LogP contribution in [0, 0.1) is 5.92 Å². The van der Waals surface area contributed by atoms with E-state index in [1.165, 1.54) is 32.1 Å². The van der Waals surface area contributed by atoms with E-state index < -0.39 is 6.04 Å². The number of hydrogen-bond acceptors (Lipinski definition) is 3. The summed E-state index contributed by atoms with van der Waals surface area (Å²) in [5.41, 5.74) is 0. The predicted molar refractivity (Wildman–Crippen MR) is 92.1 cm³/mol. The Morgan fingerprint density at radius 3 is 2.35 bits per heavy atom. The predicted octanol–water partition coefficient (Wildman–Crippen LogP) is 2.06. The number of carbonyl (C=O) groups excluding carboxylic acids is 2. The fraction of sp³-hybridized carbons (Fsp3) is 0.889. The summed E-state index contributed by atoms with van der Waals surface area (Å²) >= 11 is 0. The van der Waals surface area contributed by atoms with Crippen LogP contribution in [0.4, 0.5) is 0 Å². The molecular formula is C18H33N3O2. The van der Waals surface area contributed by atoms with Gasteiger partial charge in [-0.05, 0) is 58.5 Å². The smallest absolute Gasteiger partial charge is 0.242 e. The van der Waals surface area contributed by atoms with Gasteiger partial charge < -0.3 is 10.6 Å². The molecule has 1 heterocycles. The van der Waals surface area contributed by atoms with Gasteiger partial charge in [0.05, 0.1) is 0 Å². The summed E-state index contributed by atoms with van der Waals surface area (Å²) < 4.78 is 0. The number of amides is 2. The van der Waals surface area contributed by atoms with E-state index in [1.807, 2.05) is 0 Å². The third kappa shape index (κ3) is 6.13. The highest BCUT2D eigenvalue weighted by atomic mass is 16.2. The molecule has 5 nitrogen and oxygen atoms in total. The van der Waals surface area contributed by atoms with Crippen molar-refractivity contribution in [2.45, 2.75) is 77.3 Å². The van der Waals surface area contributed by atoms with Crippen LogP contribution in [-0.2, 0) is 9.59 Å². The Hall–Kier alpha value is -1.10. The van der Waals surface area contributed by atoms with Gasteiger partial charge in [-0.15, -0.1) is 0 Å². The molecule has 0 radical (unpaired) electrons. The zero-order chi connectivity index (χ0) is 16.7. The van der Waals surface area contributed by atoms with Crippen LogP contribution in [0.5, 0.6) is 0 Å². The average molecular weight is 323 g/mol. The number of nitrogens with zero attached hydrogens (tertiary/aromatic N) is 1. The van der Waals surface area contributed by atoms with Crippen molar-refractivity contribution in [3.8, 4) is 0 Å². The third-order valence-corrected chi connectivity index (χ3v) is 5.31. The molecule has 23 heavy (non-hydrogen) atoms. The van der Waals surface area contributed by atoms with Crippen LogP contribution in [0.2, 0.25) is 0 Å². The molecule has 0 spiro atoms. The zero-order valence-corrected chi connectivity index (χ0v) is 14.8. The maximum absolute atomic E-state index is 12.1. The van der Waals surface area contributed by atoms with Crippen molar-refractivity contribution in [2.75, 3.05) is 19.6 Å². The largest absolute Gasteiger partial charge is 0.353 e. The Morgan fingerprint density at radius 1 is 1.04 bits per heavy atom. The fourth-order valence-electron chi connectivity index (χ4n) is 3.73. The highest BCUT2D eigenvalue weighted by Gasteiger charge is 2.22. The van der Waals surface area contributed by atoms with E-state index in [2.05, 4.69) is 22.5 Å². The molecule has 0 unspecified atom stereocenters. The van der Waals surface area contributed by atoms with Crippen LogP contribution in [0.25, 0.3) is 0 Å². The van der Waals surface area contributed by atoms with Crippen molar-refractivity contribution in [1.29, 1.82) is 0 Å². The van der Waals surface area contributed by atoms with Crippen molar-refractivity contribution in [2.24, 2.45) is 5.92 Å². The van der Waals surface area contributed by atoms with E-state index in [-0.39, 0.29) is 11.8 Å². The lowest BCUT2D eigenvalue weighted by Crippen LogP contribution is -2.48. The normalized spacial score (nSPS) is 22.5. The van der Waals surface area contributed by atoms with Gasteiger partial charge in [0.15, 0.2) is 0 Å². The lowest BCUT2D eigenvalue weighted by molar-refractivity contribution is -0.129. The lowest BCUT2D eigenvalue weighted by Gasteiger charge is -2.25. The minimum atomic E-state index is -0.447. The van der Waals surface area contributed by atoms with Crippen LogP contribution >= 0.6 is 0 Å². The molecule has 2 amide bonds. The molecule has 5 heteroatoms. The molecule has 0 aromatic carbocycles. The van der Waals surface area contributed by atoms with Crippen LogP contribution in [-0.4, -0.2) is 48.4 Å². The topological polar surface area (TPSA) is 61.4 Å². The van der Waals surface area contributed by atoms with E-state index in [4.69, 9.17) is 0 Å². The van der Waals surface area contributed by atoms with Crippen molar-refractivity contribution in [3.63, 3.8) is 0 Å². The second-order valence-electron chi connectivity index (χ2n) is 7.33. The molecule has 1 aliphatic heterocycles. The van der Waals surface area contributed by atoms with Gasteiger partial charge in [-0.25, -0.2) is 0 Å². The lowest BCUT2D eigenvalue weighted by atomic mass is 9.87. The molecule has 132 valence electrons. The molecule has 0 aromatic rings. The Kier molecular flexibility index (Phi) is 7.34. The van der Waals surface area contributed by atoms with Crippen molar-refractivity contribution in [3.05, 3.63) is 0 Å². The van der Waals surface area contributed by atoms with Gasteiger partial charge in [-0.2, -0.15) is 0 Å². The summed E-state index contributed by atoms with van der Waals surface area (Å²) in [6.45, 7) is 6.84. The zero-order valence-electron chi connectivity index (χ0n) is 14.8. The van der Waals surface area contributed by atoms with E-state index in [0.717, 1.165) is 25.9 Å². The number of nitrogens with one attached hydrogen (secondary N) is 2. The molecule has 2 fully saturated rings. The summed E-state index contributed by atoms with van der Waals surface area (Å²) in [5, 5.41) is 5.83. The Balaban J connectivity index is 1.64. The number of hydrogen-bond donors (Lipinski definition) is 2. The Morgan fingerprint density at radius 2 is 1.70 bits per heavy atom. The maximum atomic E-state index is 12.1. The average Bonchev–Trinajstić information content (AvgIpc) is 3.07. The molecular weight excluding hydrogens is 290 g/mol. The van der Waals surface area contributed by atoms with Crippen molar-refractivity contribution in [1.82, 2.24) is 15.5 Å². The molecule has 1 saturated heterocycles. The van der Waals surface area contributed by atoms with Crippen LogP contribution in [0.1, 0.15) is 65.2 Å². The first-order valence-corrected chi connectivity index (χ1v) is 9.37. The minimum absolute atomic E-state index is 0.0205. The molecule has 0 bridgehead atoms. The number of rotatable bonds is 7. The molecule has 2 N–H and O–H groups in total. The molecule has 2 atom stereocenters. The van der Waals surface area contributed by atoms with E-state index >= 15 is 0 Å². The summed E-state index contributed by atoms with van der Waals surface area (Å²) in [4.78, 5) is 26.6. The second-order valence-corrected chi connectivity index (χ2v) is 7.33. The third-order valence-electron chi connectivity index (χ3n) is 5.31. The monoisotopic (exact) mass is 323 g/mol. The number of likely N-dealkylation sites (tertiary alicyclic amines) is 1. The van der Waals surface area contributed by atoms with Gasteiger partial charge in [0.2, 0.25) is 11.8 Å². The summed E-state index contributed by atoms with van der Waals surface area (Å²) in [5.74, 6) is 0.453. The second kappa shape index (κ2) is 9.26. The van der Waals surface area contributed by atoms with Gasteiger partial charge in [0, 0.05) is 19.0 Å². The van der Waals surface area contributed by atoms with E-state index in [0.29, 0.717) is 24.9 Å². The number of carbonyl (C=O) groups is 2. The van der Waals surface area contributed by atoms with Crippen LogP contribution in [0.15, 0.2) is 0 Å². The fourth-order valence-corrected chi connectivity index (χ4v) is 3.73. The van der Waals surface area contributed by atoms with Gasteiger partial charge >= 0.3 is 0 Å². The van der Waals surface area contributed by atoms with Gasteiger partial charge in [-0.1, -0.05) is 19.3 Å². The first-order chi connectivity index (χ1) is 11.1.